The van der Waals surface area contributed by atoms with Crippen molar-refractivity contribution in [2.75, 3.05) is 5.73 Å². The first kappa shape index (κ1) is 19.6. The van der Waals surface area contributed by atoms with Gasteiger partial charge in [0, 0.05) is 16.9 Å². The second kappa shape index (κ2) is 7.63. The smallest absolute Gasteiger partial charge is 0.399 e. The zero-order valence-corrected chi connectivity index (χ0v) is 16.1. The second-order valence-electron chi connectivity index (χ2n) is 6.99. The number of nitrogens with zero attached hydrogens (tertiary/aromatic N) is 2. The molecule has 2 aromatic carbocycles. The molecule has 0 radical (unpaired) electrons. The Kier molecular flexibility index (Phi) is 4.99. The minimum Gasteiger partial charge on any atom is -0.399 e. The minimum absolute atomic E-state index is 0.649. The summed E-state index contributed by atoms with van der Waals surface area (Å²) >= 11 is 0. The van der Waals surface area contributed by atoms with Crippen LogP contribution in [0.25, 0.3) is 33.8 Å². The molecule has 0 aliphatic heterocycles. The van der Waals surface area contributed by atoms with Crippen molar-refractivity contribution in [2.24, 2.45) is 0 Å². The summed E-state index contributed by atoms with van der Waals surface area (Å²) in [6.07, 6.45) is -4.36. The largest absolute Gasteiger partial charge is 0.416 e. The Morgan fingerprint density at radius 2 is 1.37 bits per heavy atom. The molecule has 0 unspecified atom stereocenters. The third-order valence-corrected chi connectivity index (χ3v) is 4.69. The van der Waals surface area contributed by atoms with Gasteiger partial charge in [-0.1, -0.05) is 30.3 Å². The molecule has 2 aromatic heterocycles. The van der Waals surface area contributed by atoms with E-state index < -0.39 is 11.7 Å². The molecule has 2 N–H and O–H groups in total. The number of nitrogens with two attached hydrogens (primary N) is 1. The lowest BCUT2D eigenvalue weighted by atomic mass is 10.0. The molecule has 2 heterocycles. The third kappa shape index (κ3) is 4.17. The molecule has 0 atom stereocenters. The molecule has 0 amide bonds. The van der Waals surface area contributed by atoms with Gasteiger partial charge in [-0.05, 0) is 66.6 Å². The third-order valence-electron chi connectivity index (χ3n) is 4.69. The summed E-state index contributed by atoms with van der Waals surface area (Å²) in [7, 11) is 0. The highest BCUT2D eigenvalue weighted by Gasteiger charge is 2.30. The fourth-order valence-electron chi connectivity index (χ4n) is 3.25. The SMILES string of the molecule is Cc1cc(-c2ccc(C(F)(F)F)cc2)cc(-c2cccc(-c3cccc(N)c3)n2)n1. The number of halogens is 3. The monoisotopic (exact) mass is 405 g/mol. The van der Waals surface area contributed by atoms with E-state index in [1.807, 2.05) is 61.5 Å². The fraction of sp³-hybridized carbons (Fsp3) is 0.0833. The highest BCUT2D eigenvalue weighted by atomic mass is 19.4. The van der Waals surface area contributed by atoms with Crippen LogP contribution in [0.1, 0.15) is 11.3 Å². The van der Waals surface area contributed by atoms with E-state index in [4.69, 9.17) is 10.7 Å². The van der Waals surface area contributed by atoms with Crippen LogP contribution in [-0.2, 0) is 6.18 Å². The summed E-state index contributed by atoms with van der Waals surface area (Å²) in [6.45, 7) is 1.85. The second-order valence-corrected chi connectivity index (χ2v) is 6.99. The van der Waals surface area contributed by atoms with E-state index in [1.165, 1.54) is 12.1 Å². The number of anilines is 1. The quantitative estimate of drug-likeness (QED) is 0.402. The molecule has 4 aromatic rings. The predicted octanol–water partition coefficient (Wildman–Crippen LogP) is 6.39. The number of aryl methyl sites for hydroxylation is 1. The van der Waals surface area contributed by atoms with Gasteiger partial charge in [-0.15, -0.1) is 0 Å². The number of nitrogen functional groups attached to an aromatic ring is 1. The molecule has 0 saturated carbocycles. The van der Waals surface area contributed by atoms with Gasteiger partial charge in [0.25, 0.3) is 0 Å². The lowest BCUT2D eigenvalue weighted by Crippen LogP contribution is -2.04. The van der Waals surface area contributed by atoms with Crippen molar-refractivity contribution in [3.05, 3.63) is 90.1 Å². The van der Waals surface area contributed by atoms with E-state index in [-0.39, 0.29) is 0 Å². The van der Waals surface area contributed by atoms with Gasteiger partial charge in [0.2, 0.25) is 0 Å². The molecule has 0 aliphatic rings. The molecule has 0 spiro atoms. The highest BCUT2D eigenvalue weighted by molar-refractivity contribution is 5.72. The van der Waals surface area contributed by atoms with E-state index in [9.17, 15) is 13.2 Å². The summed E-state index contributed by atoms with van der Waals surface area (Å²) in [5.74, 6) is 0. The first-order valence-corrected chi connectivity index (χ1v) is 9.29. The molecule has 150 valence electrons. The molecule has 4 rings (SSSR count). The average Bonchev–Trinajstić information content (AvgIpc) is 2.73. The summed E-state index contributed by atoms with van der Waals surface area (Å²) in [6, 6.07) is 21.9. The van der Waals surface area contributed by atoms with E-state index >= 15 is 0 Å². The number of hydrogen-bond donors (Lipinski definition) is 1. The van der Waals surface area contributed by atoms with Crippen LogP contribution in [0.5, 0.6) is 0 Å². The van der Waals surface area contributed by atoms with E-state index in [2.05, 4.69) is 4.98 Å². The standard InChI is InChI=1S/C24H18F3N3/c1-15-12-18(16-8-10-19(11-9-16)24(25,26)27)14-23(29-15)22-7-3-6-21(30-22)17-4-2-5-20(28)13-17/h2-14H,28H2,1H3. The van der Waals surface area contributed by atoms with Crippen LogP contribution >= 0.6 is 0 Å². The molecular formula is C24H18F3N3. The van der Waals surface area contributed by atoms with Crippen LogP contribution in [0.15, 0.2) is 78.9 Å². The first-order valence-electron chi connectivity index (χ1n) is 9.29. The Labute approximate surface area is 172 Å². The maximum atomic E-state index is 12.8. The Morgan fingerprint density at radius 1 is 0.667 bits per heavy atom. The van der Waals surface area contributed by atoms with Crippen molar-refractivity contribution in [3.8, 4) is 33.8 Å². The van der Waals surface area contributed by atoms with Crippen molar-refractivity contribution >= 4 is 5.69 Å². The van der Waals surface area contributed by atoms with Gasteiger partial charge in [0.15, 0.2) is 0 Å². The van der Waals surface area contributed by atoms with Crippen molar-refractivity contribution in [1.29, 1.82) is 0 Å². The van der Waals surface area contributed by atoms with Gasteiger partial charge < -0.3 is 5.73 Å². The van der Waals surface area contributed by atoms with E-state index in [0.29, 0.717) is 22.6 Å². The topological polar surface area (TPSA) is 51.8 Å². The van der Waals surface area contributed by atoms with Gasteiger partial charge in [0.1, 0.15) is 0 Å². The zero-order chi connectivity index (χ0) is 21.3. The van der Waals surface area contributed by atoms with Crippen molar-refractivity contribution in [1.82, 2.24) is 9.97 Å². The van der Waals surface area contributed by atoms with Gasteiger partial charge in [-0.3, -0.25) is 4.98 Å². The number of benzene rings is 2. The van der Waals surface area contributed by atoms with Crippen molar-refractivity contribution < 1.29 is 13.2 Å². The predicted molar refractivity (Wildman–Crippen MR) is 112 cm³/mol. The summed E-state index contributed by atoms with van der Waals surface area (Å²) < 4.78 is 38.5. The Hall–Kier alpha value is -3.67. The van der Waals surface area contributed by atoms with Crippen LogP contribution in [0.3, 0.4) is 0 Å². The summed E-state index contributed by atoms with van der Waals surface area (Å²) in [4.78, 5) is 9.28. The number of rotatable bonds is 3. The molecule has 6 heteroatoms. The van der Waals surface area contributed by atoms with Crippen LogP contribution in [-0.4, -0.2) is 9.97 Å². The normalized spacial score (nSPS) is 11.5. The molecule has 30 heavy (non-hydrogen) atoms. The van der Waals surface area contributed by atoms with Crippen molar-refractivity contribution in [2.45, 2.75) is 13.1 Å². The van der Waals surface area contributed by atoms with Gasteiger partial charge >= 0.3 is 6.18 Å². The first-order chi connectivity index (χ1) is 14.3. The van der Waals surface area contributed by atoms with Gasteiger partial charge in [-0.25, -0.2) is 4.98 Å². The Balaban J connectivity index is 1.73. The van der Waals surface area contributed by atoms with Gasteiger partial charge in [-0.2, -0.15) is 13.2 Å². The van der Waals surface area contributed by atoms with Crippen molar-refractivity contribution in [3.63, 3.8) is 0 Å². The Bertz CT molecular complexity index is 1200. The Morgan fingerprint density at radius 3 is 2.07 bits per heavy atom. The number of alkyl halides is 3. The number of aromatic nitrogens is 2. The highest BCUT2D eigenvalue weighted by Crippen LogP contribution is 2.32. The van der Waals surface area contributed by atoms with Crippen LogP contribution in [0.2, 0.25) is 0 Å². The van der Waals surface area contributed by atoms with Crippen LogP contribution in [0, 0.1) is 6.92 Å². The maximum absolute atomic E-state index is 12.8. The zero-order valence-electron chi connectivity index (χ0n) is 16.1. The fourth-order valence-corrected chi connectivity index (χ4v) is 3.25. The average molecular weight is 405 g/mol. The van der Waals surface area contributed by atoms with E-state index in [1.54, 1.807) is 0 Å². The molecule has 0 aliphatic carbocycles. The number of hydrogen-bond acceptors (Lipinski definition) is 3. The lowest BCUT2D eigenvalue weighted by Gasteiger charge is -2.10. The lowest BCUT2D eigenvalue weighted by molar-refractivity contribution is -0.137. The molecule has 0 saturated heterocycles. The minimum atomic E-state index is -4.36. The van der Waals surface area contributed by atoms with E-state index in [0.717, 1.165) is 34.6 Å². The molecule has 3 nitrogen and oxygen atoms in total. The summed E-state index contributed by atoms with van der Waals surface area (Å²) in [5, 5.41) is 0. The van der Waals surface area contributed by atoms with Gasteiger partial charge in [0.05, 0.1) is 22.6 Å². The molecular weight excluding hydrogens is 387 g/mol. The molecule has 0 bridgehead atoms. The van der Waals surface area contributed by atoms with Crippen LogP contribution < -0.4 is 5.73 Å². The summed E-state index contributed by atoms with van der Waals surface area (Å²) in [5.41, 5.74) is 11.0. The maximum Gasteiger partial charge on any atom is 0.416 e. The number of pyridine rings is 2. The molecule has 0 fully saturated rings. The van der Waals surface area contributed by atoms with Crippen LogP contribution in [0.4, 0.5) is 18.9 Å².